The first-order chi connectivity index (χ1) is 7.11. The monoisotopic (exact) mass is 229 g/mol. The summed E-state index contributed by atoms with van der Waals surface area (Å²) in [5.41, 5.74) is 0. The Bertz CT molecular complexity index is 262. The second-order valence-corrected chi connectivity index (χ2v) is 4.98. The summed E-state index contributed by atoms with van der Waals surface area (Å²) >= 11 is 1.54. The van der Waals surface area contributed by atoms with Gasteiger partial charge in [-0.1, -0.05) is 19.9 Å². The van der Waals surface area contributed by atoms with E-state index in [9.17, 15) is 10.2 Å². The smallest absolute Gasteiger partial charge is 0.101 e. The molecule has 0 spiro atoms. The third-order valence-corrected chi connectivity index (χ3v) is 3.31. The van der Waals surface area contributed by atoms with Gasteiger partial charge in [0.2, 0.25) is 0 Å². The lowest BCUT2D eigenvalue weighted by atomic mass is 10.1. The van der Waals surface area contributed by atoms with Crippen molar-refractivity contribution in [3.05, 3.63) is 22.4 Å². The lowest BCUT2D eigenvalue weighted by Gasteiger charge is -2.16. The van der Waals surface area contributed by atoms with Gasteiger partial charge in [0, 0.05) is 18.0 Å². The number of aliphatic hydroxyl groups excluding tert-OH is 2. The number of thiophene rings is 1. The van der Waals surface area contributed by atoms with E-state index < -0.39 is 6.10 Å². The summed E-state index contributed by atoms with van der Waals surface area (Å²) < 4.78 is 0. The lowest BCUT2D eigenvalue weighted by molar-refractivity contribution is 0.114. The molecule has 0 aromatic carbocycles. The van der Waals surface area contributed by atoms with Crippen LogP contribution >= 0.6 is 11.3 Å². The van der Waals surface area contributed by atoms with Crippen LogP contribution in [0.2, 0.25) is 0 Å². The van der Waals surface area contributed by atoms with Crippen molar-refractivity contribution in [2.75, 3.05) is 13.1 Å². The standard InChI is InChI=1S/C11H19NO2S/c1-8(2)9(13)6-12-7-10(14)11-4-3-5-15-11/h3-5,8-10,12-14H,6-7H2,1-2H3. The Hall–Kier alpha value is -0.420. The van der Waals surface area contributed by atoms with Crippen molar-refractivity contribution in [2.45, 2.75) is 26.1 Å². The molecule has 86 valence electrons. The van der Waals surface area contributed by atoms with Crippen LogP contribution in [-0.4, -0.2) is 29.4 Å². The third-order valence-electron chi connectivity index (χ3n) is 2.33. The number of aliphatic hydroxyl groups is 2. The van der Waals surface area contributed by atoms with E-state index in [2.05, 4.69) is 5.32 Å². The summed E-state index contributed by atoms with van der Waals surface area (Å²) in [7, 11) is 0. The Balaban J connectivity index is 2.21. The van der Waals surface area contributed by atoms with Crippen LogP contribution in [0.15, 0.2) is 17.5 Å². The minimum Gasteiger partial charge on any atom is -0.392 e. The van der Waals surface area contributed by atoms with Crippen LogP contribution in [0.25, 0.3) is 0 Å². The molecule has 4 heteroatoms. The van der Waals surface area contributed by atoms with Crippen LogP contribution in [0.4, 0.5) is 0 Å². The van der Waals surface area contributed by atoms with Gasteiger partial charge in [0.15, 0.2) is 0 Å². The molecule has 1 heterocycles. The second kappa shape index (κ2) is 6.23. The van der Waals surface area contributed by atoms with E-state index in [1.54, 1.807) is 11.3 Å². The number of hydrogen-bond donors (Lipinski definition) is 3. The van der Waals surface area contributed by atoms with E-state index in [-0.39, 0.29) is 12.0 Å². The highest BCUT2D eigenvalue weighted by atomic mass is 32.1. The molecule has 0 aliphatic carbocycles. The van der Waals surface area contributed by atoms with Gasteiger partial charge in [-0.05, 0) is 17.4 Å². The molecule has 1 rings (SSSR count). The predicted octanol–water partition coefficient (Wildman–Crippen LogP) is 1.39. The molecule has 1 aromatic rings. The van der Waals surface area contributed by atoms with E-state index in [1.807, 2.05) is 31.4 Å². The van der Waals surface area contributed by atoms with Crippen LogP contribution in [0.3, 0.4) is 0 Å². The summed E-state index contributed by atoms with van der Waals surface area (Å²) in [6.07, 6.45) is -0.815. The zero-order valence-electron chi connectivity index (χ0n) is 9.18. The highest BCUT2D eigenvalue weighted by Gasteiger charge is 2.11. The molecular formula is C11H19NO2S. The molecule has 0 radical (unpaired) electrons. The molecule has 0 saturated carbocycles. The van der Waals surface area contributed by atoms with E-state index >= 15 is 0 Å². The summed E-state index contributed by atoms with van der Waals surface area (Å²) in [6, 6.07) is 3.84. The van der Waals surface area contributed by atoms with Crippen LogP contribution < -0.4 is 5.32 Å². The first kappa shape index (κ1) is 12.6. The Morgan fingerprint density at radius 1 is 1.33 bits per heavy atom. The minimum absolute atomic E-state index is 0.247. The fourth-order valence-corrected chi connectivity index (χ4v) is 1.90. The van der Waals surface area contributed by atoms with Crippen molar-refractivity contribution >= 4 is 11.3 Å². The van der Waals surface area contributed by atoms with Crippen molar-refractivity contribution in [3.63, 3.8) is 0 Å². The van der Waals surface area contributed by atoms with Gasteiger partial charge in [0.1, 0.15) is 6.10 Å². The molecule has 0 aliphatic rings. The highest BCUT2D eigenvalue weighted by Crippen LogP contribution is 2.17. The molecule has 0 fully saturated rings. The van der Waals surface area contributed by atoms with Gasteiger partial charge in [-0.25, -0.2) is 0 Å². The molecular weight excluding hydrogens is 210 g/mol. The van der Waals surface area contributed by atoms with Crippen LogP contribution in [-0.2, 0) is 0 Å². The number of hydrogen-bond acceptors (Lipinski definition) is 4. The maximum absolute atomic E-state index is 9.73. The third kappa shape index (κ3) is 4.30. The fourth-order valence-electron chi connectivity index (χ4n) is 1.19. The number of rotatable bonds is 6. The lowest BCUT2D eigenvalue weighted by Crippen LogP contribution is -2.33. The molecule has 15 heavy (non-hydrogen) atoms. The van der Waals surface area contributed by atoms with Gasteiger partial charge in [0.25, 0.3) is 0 Å². The Labute approximate surface area is 94.8 Å². The molecule has 3 nitrogen and oxygen atoms in total. The second-order valence-electron chi connectivity index (χ2n) is 4.00. The van der Waals surface area contributed by atoms with Crippen LogP contribution in [0.5, 0.6) is 0 Å². The first-order valence-corrected chi connectivity index (χ1v) is 6.09. The molecule has 3 N–H and O–H groups in total. The largest absolute Gasteiger partial charge is 0.392 e. The van der Waals surface area contributed by atoms with E-state index in [0.717, 1.165) is 4.88 Å². The molecule has 0 aliphatic heterocycles. The molecule has 0 bridgehead atoms. The average molecular weight is 229 g/mol. The highest BCUT2D eigenvalue weighted by molar-refractivity contribution is 7.10. The summed E-state index contributed by atoms with van der Waals surface area (Å²) in [4.78, 5) is 0.960. The quantitative estimate of drug-likeness (QED) is 0.691. The Morgan fingerprint density at radius 3 is 2.60 bits per heavy atom. The first-order valence-electron chi connectivity index (χ1n) is 5.21. The summed E-state index contributed by atoms with van der Waals surface area (Å²) in [5.74, 6) is 0.247. The Morgan fingerprint density at radius 2 is 2.07 bits per heavy atom. The normalized spacial score (nSPS) is 15.5. The molecule has 1 aromatic heterocycles. The van der Waals surface area contributed by atoms with Crippen molar-refractivity contribution < 1.29 is 10.2 Å². The van der Waals surface area contributed by atoms with Crippen molar-refractivity contribution in [1.29, 1.82) is 0 Å². The molecule has 0 saturated heterocycles. The van der Waals surface area contributed by atoms with Crippen molar-refractivity contribution in [1.82, 2.24) is 5.32 Å². The van der Waals surface area contributed by atoms with Gasteiger partial charge < -0.3 is 15.5 Å². The summed E-state index contributed by atoms with van der Waals surface area (Å²) in [6.45, 7) is 4.97. The maximum Gasteiger partial charge on any atom is 0.101 e. The zero-order chi connectivity index (χ0) is 11.3. The maximum atomic E-state index is 9.73. The van der Waals surface area contributed by atoms with Gasteiger partial charge in [-0.15, -0.1) is 11.3 Å². The van der Waals surface area contributed by atoms with Crippen LogP contribution in [0, 0.1) is 5.92 Å². The van der Waals surface area contributed by atoms with Gasteiger partial charge in [-0.2, -0.15) is 0 Å². The Kier molecular flexibility index (Phi) is 5.25. The van der Waals surface area contributed by atoms with Crippen molar-refractivity contribution in [2.24, 2.45) is 5.92 Å². The van der Waals surface area contributed by atoms with E-state index in [4.69, 9.17) is 0 Å². The van der Waals surface area contributed by atoms with E-state index in [0.29, 0.717) is 13.1 Å². The topological polar surface area (TPSA) is 52.5 Å². The molecule has 0 amide bonds. The van der Waals surface area contributed by atoms with Gasteiger partial charge in [-0.3, -0.25) is 0 Å². The fraction of sp³-hybridized carbons (Fsp3) is 0.636. The van der Waals surface area contributed by atoms with Crippen molar-refractivity contribution in [3.8, 4) is 0 Å². The van der Waals surface area contributed by atoms with Gasteiger partial charge in [0.05, 0.1) is 6.10 Å². The van der Waals surface area contributed by atoms with Crippen LogP contribution in [0.1, 0.15) is 24.8 Å². The predicted molar refractivity (Wildman–Crippen MR) is 63.0 cm³/mol. The summed E-state index contributed by atoms with van der Waals surface area (Å²) in [5, 5.41) is 24.3. The molecule has 2 atom stereocenters. The SMILES string of the molecule is CC(C)C(O)CNCC(O)c1cccs1. The average Bonchev–Trinajstić information content (AvgIpc) is 2.70. The zero-order valence-corrected chi connectivity index (χ0v) is 10.00. The van der Waals surface area contributed by atoms with E-state index in [1.165, 1.54) is 0 Å². The molecule has 2 unspecified atom stereocenters. The minimum atomic E-state index is -0.468. The number of nitrogens with one attached hydrogen (secondary N) is 1. The van der Waals surface area contributed by atoms with Gasteiger partial charge >= 0.3 is 0 Å².